The number of ether oxygens (including phenoxy) is 1. The highest BCUT2D eigenvalue weighted by Crippen LogP contribution is 2.22. The molecule has 27 heavy (non-hydrogen) atoms. The molecule has 0 bridgehead atoms. The van der Waals surface area contributed by atoms with E-state index in [1.165, 1.54) is 30.1 Å². The Morgan fingerprint density at radius 2 is 1.81 bits per heavy atom. The highest BCUT2D eigenvalue weighted by atomic mass is 35.5. The van der Waals surface area contributed by atoms with Crippen LogP contribution in [0.5, 0.6) is 5.75 Å². The van der Waals surface area contributed by atoms with Crippen molar-refractivity contribution >= 4 is 35.0 Å². The molecule has 8 heteroatoms. The third-order valence-electron chi connectivity index (χ3n) is 3.70. The molecule has 0 atom stereocenters. The second kappa shape index (κ2) is 9.05. The second-order valence-corrected chi connectivity index (χ2v) is 6.39. The molecule has 2 aromatic rings. The van der Waals surface area contributed by atoms with Gasteiger partial charge in [-0.05, 0) is 37.3 Å². The maximum Gasteiger partial charge on any atom is 0.260 e. The van der Waals surface area contributed by atoms with Gasteiger partial charge in [-0.3, -0.25) is 14.4 Å². The summed E-state index contributed by atoms with van der Waals surface area (Å²) in [6, 6.07) is 11.7. The second-order valence-electron chi connectivity index (χ2n) is 5.96. The molecule has 3 amide bonds. The number of benzene rings is 2. The van der Waals surface area contributed by atoms with Crippen molar-refractivity contribution in [3.05, 3.63) is 58.6 Å². The summed E-state index contributed by atoms with van der Waals surface area (Å²) in [6.45, 7) is 1.46. The quantitative estimate of drug-likeness (QED) is 0.757. The van der Waals surface area contributed by atoms with Crippen molar-refractivity contribution in [2.24, 2.45) is 5.73 Å². The number of rotatable bonds is 7. The van der Waals surface area contributed by atoms with E-state index < -0.39 is 11.8 Å². The number of amides is 3. The lowest BCUT2D eigenvalue weighted by molar-refractivity contribution is -0.135. The van der Waals surface area contributed by atoms with Crippen molar-refractivity contribution < 1.29 is 19.1 Å². The number of aryl methyl sites for hydroxylation is 1. The van der Waals surface area contributed by atoms with E-state index in [2.05, 4.69) is 5.32 Å². The molecule has 142 valence electrons. The Hall–Kier alpha value is -3.06. The van der Waals surface area contributed by atoms with Crippen LogP contribution in [0.1, 0.15) is 15.9 Å². The minimum atomic E-state index is -0.717. The number of nitrogens with zero attached hydrogens (tertiary/aromatic N) is 1. The zero-order chi connectivity index (χ0) is 20.0. The first-order valence-corrected chi connectivity index (χ1v) is 8.46. The van der Waals surface area contributed by atoms with Crippen molar-refractivity contribution in [2.75, 3.05) is 25.5 Å². The SMILES string of the molecule is Cc1ccc(NC(=O)CN(C)C(=O)COc2ccc(Cl)cc2C(N)=O)cc1. The Labute approximate surface area is 162 Å². The summed E-state index contributed by atoms with van der Waals surface area (Å²) < 4.78 is 5.37. The molecule has 0 unspecified atom stereocenters. The molecule has 0 aliphatic heterocycles. The topological polar surface area (TPSA) is 102 Å². The van der Waals surface area contributed by atoms with Crippen molar-refractivity contribution in [3.8, 4) is 5.75 Å². The fraction of sp³-hybridized carbons (Fsp3) is 0.211. The molecule has 0 radical (unpaired) electrons. The monoisotopic (exact) mass is 389 g/mol. The van der Waals surface area contributed by atoms with Gasteiger partial charge < -0.3 is 20.7 Å². The van der Waals surface area contributed by atoms with E-state index in [4.69, 9.17) is 22.1 Å². The Morgan fingerprint density at radius 3 is 2.44 bits per heavy atom. The maximum atomic E-state index is 12.2. The van der Waals surface area contributed by atoms with Crippen LogP contribution in [0.4, 0.5) is 5.69 Å². The molecule has 2 rings (SSSR count). The summed E-state index contributed by atoms with van der Waals surface area (Å²) in [5.74, 6) is -1.33. The van der Waals surface area contributed by atoms with E-state index in [-0.39, 0.29) is 30.4 Å². The summed E-state index contributed by atoms with van der Waals surface area (Å²) in [5.41, 5.74) is 7.08. The maximum absolute atomic E-state index is 12.2. The number of hydrogen-bond acceptors (Lipinski definition) is 4. The number of halogens is 1. The van der Waals surface area contributed by atoms with Gasteiger partial charge in [-0.25, -0.2) is 0 Å². The summed E-state index contributed by atoms with van der Waals surface area (Å²) in [6.07, 6.45) is 0. The Balaban J connectivity index is 1.89. The lowest BCUT2D eigenvalue weighted by atomic mass is 10.2. The van der Waals surface area contributed by atoms with Gasteiger partial charge in [-0.15, -0.1) is 0 Å². The standard InChI is InChI=1S/C19H20ClN3O4/c1-12-3-6-14(7-4-12)22-17(24)10-23(2)18(25)11-27-16-8-5-13(20)9-15(16)19(21)26/h3-9H,10-11H2,1-2H3,(H2,21,26)(H,22,24). The normalized spacial score (nSPS) is 10.2. The Bertz CT molecular complexity index is 853. The van der Waals surface area contributed by atoms with Crippen molar-refractivity contribution in [2.45, 2.75) is 6.92 Å². The molecular weight excluding hydrogens is 370 g/mol. The first kappa shape index (κ1) is 20.3. The third kappa shape index (κ3) is 6.00. The highest BCUT2D eigenvalue weighted by molar-refractivity contribution is 6.31. The molecule has 0 spiro atoms. The predicted octanol–water partition coefficient (Wildman–Crippen LogP) is 2.22. The molecule has 3 N–H and O–H groups in total. The van der Waals surface area contributed by atoms with E-state index in [9.17, 15) is 14.4 Å². The Morgan fingerprint density at radius 1 is 1.15 bits per heavy atom. The minimum Gasteiger partial charge on any atom is -0.483 e. The number of likely N-dealkylation sites (N-methyl/N-ethyl adjacent to an activating group) is 1. The van der Waals surface area contributed by atoms with E-state index in [1.54, 1.807) is 12.1 Å². The molecular formula is C19H20ClN3O4. The van der Waals surface area contributed by atoms with E-state index in [1.807, 2.05) is 19.1 Å². The average Bonchev–Trinajstić information content (AvgIpc) is 2.62. The van der Waals surface area contributed by atoms with E-state index in [0.717, 1.165) is 5.56 Å². The van der Waals surface area contributed by atoms with Gasteiger partial charge >= 0.3 is 0 Å². The molecule has 0 saturated carbocycles. The van der Waals surface area contributed by atoms with Gasteiger partial charge in [-0.1, -0.05) is 29.3 Å². The van der Waals surface area contributed by atoms with Crippen molar-refractivity contribution in [3.63, 3.8) is 0 Å². The first-order chi connectivity index (χ1) is 12.8. The zero-order valence-corrected chi connectivity index (χ0v) is 15.7. The Kier molecular flexibility index (Phi) is 6.79. The highest BCUT2D eigenvalue weighted by Gasteiger charge is 2.16. The fourth-order valence-electron chi connectivity index (χ4n) is 2.21. The molecule has 0 aliphatic rings. The third-order valence-corrected chi connectivity index (χ3v) is 3.94. The molecule has 2 aromatic carbocycles. The lowest BCUT2D eigenvalue weighted by Gasteiger charge is -2.18. The van der Waals surface area contributed by atoms with Crippen LogP contribution in [0.3, 0.4) is 0 Å². The largest absolute Gasteiger partial charge is 0.483 e. The number of carbonyl (C=O) groups is 3. The number of nitrogens with one attached hydrogen (secondary N) is 1. The van der Waals surface area contributed by atoms with Crippen LogP contribution in [-0.4, -0.2) is 42.8 Å². The fourth-order valence-corrected chi connectivity index (χ4v) is 2.38. The van der Waals surface area contributed by atoms with Gasteiger partial charge in [0.1, 0.15) is 5.75 Å². The summed E-state index contributed by atoms with van der Waals surface area (Å²) in [5, 5.41) is 3.04. The summed E-state index contributed by atoms with van der Waals surface area (Å²) in [4.78, 5) is 36.9. The molecule has 0 fully saturated rings. The van der Waals surface area contributed by atoms with E-state index in [0.29, 0.717) is 10.7 Å². The van der Waals surface area contributed by atoms with Crippen LogP contribution in [0.25, 0.3) is 0 Å². The summed E-state index contributed by atoms with van der Waals surface area (Å²) in [7, 11) is 1.48. The number of nitrogens with two attached hydrogens (primary N) is 1. The molecule has 0 aromatic heterocycles. The zero-order valence-electron chi connectivity index (χ0n) is 15.0. The van der Waals surface area contributed by atoms with Crippen LogP contribution in [0.15, 0.2) is 42.5 Å². The molecule has 7 nitrogen and oxygen atoms in total. The van der Waals surface area contributed by atoms with Gasteiger partial charge in [0.2, 0.25) is 5.91 Å². The number of primary amides is 1. The van der Waals surface area contributed by atoms with Gasteiger partial charge in [0.15, 0.2) is 6.61 Å². The van der Waals surface area contributed by atoms with Crippen LogP contribution in [0, 0.1) is 6.92 Å². The van der Waals surface area contributed by atoms with Gasteiger partial charge in [0.25, 0.3) is 11.8 Å². The van der Waals surface area contributed by atoms with Crippen LogP contribution in [0.2, 0.25) is 5.02 Å². The predicted molar refractivity (Wildman–Crippen MR) is 103 cm³/mol. The van der Waals surface area contributed by atoms with Crippen molar-refractivity contribution in [1.29, 1.82) is 0 Å². The van der Waals surface area contributed by atoms with E-state index >= 15 is 0 Å². The smallest absolute Gasteiger partial charge is 0.260 e. The van der Waals surface area contributed by atoms with Crippen LogP contribution < -0.4 is 15.8 Å². The molecule has 0 heterocycles. The molecule has 0 aliphatic carbocycles. The number of hydrogen-bond donors (Lipinski definition) is 2. The van der Waals surface area contributed by atoms with Crippen molar-refractivity contribution in [1.82, 2.24) is 4.90 Å². The van der Waals surface area contributed by atoms with Gasteiger partial charge in [0, 0.05) is 17.8 Å². The lowest BCUT2D eigenvalue weighted by Crippen LogP contribution is -2.37. The van der Waals surface area contributed by atoms with Gasteiger partial charge in [0.05, 0.1) is 12.1 Å². The summed E-state index contributed by atoms with van der Waals surface area (Å²) >= 11 is 5.82. The first-order valence-electron chi connectivity index (χ1n) is 8.09. The molecule has 0 saturated heterocycles. The van der Waals surface area contributed by atoms with Crippen LogP contribution >= 0.6 is 11.6 Å². The number of anilines is 1. The average molecular weight is 390 g/mol. The minimum absolute atomic E-state index is 0.0788. The number of carbonyl (C=O) groups excluding carboxylic acids is 3. The van der Waals surface area contributed by atoms with Gasteiger partial charge in [-0.2, -0.15) is 0 Å². The van der Waals surface area contributed by atoms with Crippen LogP contribution in [-0.2, 0) is 9.59 Å².